The minimum atomic E-state index is -0.196. The van der Waals surface area contributed by atoms with E-state index in [2.05, 4.69) is 22.5 Å². The first-order chi connectivity index (χ1) is 12.1. The van der Waals surface area contributed by atoms with Crippen LogP contribution in [0.1, 0.15) is 25.3 Å². The van der Waals surface area contributed by atoms with E-state index in [1.807, 2.05) is 18.5 Å². The third kappa shape index (κ3) is 3.07. The zero-order valence-corrected chi connectivity index (χ0v) is 15.4. The van der Waals surface area contributed by atoms with Gasteiger partial charge in [0.05, 0.1) is 17.4 Å². The molecule has 8 nitrogen and oxygen atoms in total. The molecular weight excluding hydrogens is 338 g/mol. The summed E-state index contributed by atoms with van der Waals surface area (Å²) in [6, 6.07) is 0. The second kappa shape index (κ2) is 7.14. The molecule has 0 amide bonds. The van der Waals surface area contributed by atoms with E-state index in [1.165, 1.54) is 4.68 Å². The zero-order chi connectivity index (χ0) is 18.0. The first-order valence-electron chi connectivity index (χ1n) is 8.21. The Morgan fingerprint density at radius 3 is 2.96 bits per heavy atom. The molecule has 0 bridgehead atoms. The van der Waals surface area contributed by atoms with Crippen LogP contribution in [-0.4, -0.2) is 37.8 Å². The SMILES string of the molecule is CCN/N=C(\CC)Cc1nc2c(s1)c1cnn(CC=N)c(=O)c1n2C. The molecule has 3 aromatic heterocycles. The van der Waals surface area contributed by atoms with Gasteiger partial charge in [-0.2, -0.15) is 10.2 Å². The molecule has 0 aliphatic carbocycles. The van der Waals surface area contributed by atoms with E-state index >= 15 is 0 Å². The molecule has 0 aliphatic heterocycles. The average molecular weight is 359 g/mol. The molecule has 3 rings (SSSR count). The van der Waals surface area contributed by atoms with Gasteiger partial charge in [-0.3, -0.25) is 4.79 Å². The molecule has 3 aromatic rings. The number of aromatic nitrogens is 4. The third-order valence-corrected chi connectivity index (χ3v) is 5.07. The molecule has 25 heavy (non-hydrogen) atoms. The Morgan fingerprint density at radius 1 is 1.48 bits per heavy atom. The van der Waals surface area contributed by atoms with Crippen molar-refractivity contribution >= 4 is 44.5 Å². The van der Waals surface area contributed by atoms with Crippen LogP contribution < -0.4 is 11.0 Å². The Labute approximate surface area is 148 Å². The zero-order valence-electron chi connectivity index (χ0n) is 14.5. The number of hydrazone groups is 1. The van der Waals surface area contributed by atoms with Gasteiger partial charge in [-0.1, -0.05) is 6.92 Å². The molecule has 3 heterocycles. The molecule has 0 radical (unpaired) electrons. The number of nitrogens with zero attached hydrogens (tertiary/aromatic N) is 5. The quantitative estimate of drug-likeness (QED) is 0.497. The van der Waals surface area contributed by atoms with Gasteiger partial charge in [0, 0.05) is 37.3 Å². The number of hydrogen-bond donors (Lipinski definition) is 2. The average Bonchev–Trinajstić information content (AvgIpc) is 3.13. The Balaban J connectivity index is 2.07. The molecule has 132 valence electrons. The molecule has 9 heteroatoms. The first-order valence-corrected chi connectivity index (χ1v) is 9.03. The lowest BCUT2D eigenvalue weighted by Crippen LogP contribution is -2.24. The topological polar surface area (TPSA) is 101 Å². The van der Waals surface area contributed by atoms with Crippen molar-refractivity contribution in [1.82, 2.24) is 24.8 Å². The van der Waals surface area contributed by atoms with Gasteiger partial charge in [0.1, 0.15) is 10.5 Å². The van der Waals surface area contributed by atoms with Gasteiger partial charge < -0.3 is 15.4 Å². The molecule has 0 fully saturated rings. The fourth-order valence-corrected chi connectivity index (χ4v) is 3.87. The fraction of sp³-hybridized carbons (Fsp3) is 0.438. The van der Waals surface area contributed by atoms with Crippen LogP contribution in [0.4, 0.5) is 0 Å². The summed E-state index contributed by atoms with van der Waals surface area (Å²) >= 11 is 1.58. The Bertz CT molecular complexity index is 1010. The van der Waals surface area contributed by atoms with Crippen LogP contribution in [0.5, 0.6) is 0 Å². The maximum Gasteiger partial charge on any atom is 0.291 e. The second-order valence-electron chi connectivity index (χ2n) is 5.64. The van der Waals surface area contributed by atoms with Crippen molar-refractivity contribution in [2.45, 2.75) is 33.2 Å². The summed E-state index contributed by atoms with van der Waals surface area (Å²) in [6.07, 6.45) is 4.41. The molecule has 0 saturated carbocycles. The monoisotopic (exact) mass is 359 g/mol. The summed E-state index contributed by atoms with van der Waals surface area (Å²) in [4.78, 5) is 17.3. The van der Waals surface area contributed by atoms with Crippen LogP contribution in [-0.2, 0) is 20.0 Å². The summed E-state index contributed by atoms with van der Waals surface area (Å²) in [7, 11) is 1.85. The summed E-state index contributed by atoms with van der Waals surface area (Å²) < 4.78 is 4.08. The predicted octanol–water partition coefficient (Wildman–Crippen LogP) is 1.91. The molecule has 0 spiro atoms. The van der Waals surface area contributed by atoms with E-state index in [4.69, 9.17) is 10.4 Å². The lowest BCUT2D eigenvalue weighted by Gasteiger charge is -2.03. The van der Waals surface area contributed by atoms with Gasteiger partial charge in [-0.15, -0.1) is 11.3 Å². The van der Waals surface area contributed by atoms with Crippen LogP contribution in [0, 0.1) is 5.41 Å². The van der Waals surface area contributed by atoms with Gasteiger partial charge in [-0.25, -0.2) is 9.67 Å². The minimum Gasteiger partial charge on any atom is -0.323 e. The number of hydrogen-bond acceptors (Lipinski definition) is 7. The smallest absolute Gasteiger partial charge is 0.291 e. The first kappa shape index (κ1) is 17.3. The standard InChI is InChI=1S/C16H21N7OS/c1-4-10(21-18-5-2)8-12-20-15-14(25-12)11-9-19-23(7-6-17)16(24)13(11)22(15)3/h6,9,17-18H,4-5,7-8H2,1-3H3/b17-6?,21-10+. The summed E-state index contributed by atoms with van der Waals surface area (Å²) in [5.74, 6) is 0. The van der Waals surface area contributed by atoms with Crippen LogP contribution in [0.3, 0.4) is 0 Å². The van der Waals surface area contributed by atoms with E-state index < -0.39 is 0 Å². The van der Waals surface area contributed by atoms with Gasteiger partial charge in [0.25, 0.3) is 5.56 Å². The minimum absolute atomic E-state index is 0.174. The molecular formula is C16H21N7OS. The lowest BCUT2D eigenvalue weighted by atomic mass is 10.2. The Hall–Kier alpha value is -2.55. The van der Waals surface area contributed by atoms with Crippen LogP contribution in [0.2, 0.25) is 0 Å². The van der Waals surface area contributed by atoms with Gasteiger partial charge in [-0.05, 0) is 13.3 Å². The molecule has 0 atom stereocenters. The van der Waals surface area contributed by atoms with Crippen LogP contribution in [0.15, 0.2) is 16.1 Å². The highest BCUT2D eigenvalue weighted by Gasteiger charge is 2.18. The molecule has 0 aliphatic rings. The molecule has 2 N–H and O–H groups in total. The number of rotatable bonds is 7. The van der Waals surface area contributed by atoms with Crippen molar-refractivity contribution in [3.05, 3.63) is 21.6 Å². The lowest BCUT2D eigenvalue weighted by molar-refractivity contribution is 0.680. The Kier molecular flexibility index (Phi) is 4.93. The van der Waals surface area contributed by atoms with E-state index in [9.17, 15) is 4.79 Å². The van der Waals surface area contributed by atoms with Gasteiger partial charge in [0.15, 0.2) is 5.65 Å². The van der Waals surface area contributed by atoms with E-state index in [0.717, 1.165) is 45.6 Å². The van der Waals surface area contributed by atoms with Gasteiger partial charge in [0.2, 0.25) is 0 Å². The molecule has 0 aromatic carbocycles. The summed E-state index contributed by atoms with van der Waals surface area (Å²) in [5.41, 5.74) is 5.23. The molecule has 0 saturated heterocycles. The van der Waals surface area contributed by atoms with E-state index in [-0.39, 0.29) is 12.1 Å². The highest BCUT2D eigenvalue weighted by molar-refractivity contribution is 7.19. The largest absolute Gasteiger partial charge is 0.323 e. The Morgan fingerprint density at radius 2 is 2.28 bits per heavy atom. The van der Waals surface area contributed by atoms with Crippen LogP contribution in [0.25, 0.3) is 21.3 Å². The predicted molar refractivity (Wildman–Crippen MR) is 102 cm³/mol. The molecule has 0 unspecified atom stereocenters. The number of thiazole rings is 1. The third-order valence-electron chi connectivity index (χ3n) is 3.99. The van der Waals surface area contributed by atoms with Crippen LogP contribution >= 0.6 is 11.3 Å². The normalized spacial score (nSPS) is 12.2. The van der Waals surface area contributed by atoms with E-state index in [1.54, 1.807) is 17.5 Å². The maximum absolute atomic E-state index is 12.6. The summed E-state index contributed by atoms with van der Waals surface area (Å²) in [5, 5.41) is 17.5. The number of aryl methyl sites for hydroxylation is 1. The van der Waals surface area contributed by atoms with E-state index in [0.29, 0.717) is 11.9 Å². The highest BCUT2D eigenvalue weighted by atomic mass is 32.1. The fourth-order valence-electron chi connectivity index (χ4n) is 2.73. The maximum atomic E-state index is 12.6. The summed E-state index contributed by atoms with van der Waals surface area (Å²) in [6.45, 7) is 5.06. The van der Waals surface area contributed by atoms with Crippen molar-refractivity contribution in [2.75, 3.05) is 6.54 Å². The van der Waals surface area contributed by atoms with Gasteiger partial charge >= 0.3 is 0 Å². The van der Waals surface area contributed by atoms with Crippen molar-refractivity contribution in [2.24, 2.45) is 12.1 Å². The van der Waals surface area contributed by atoms with Crippen molar-refractivity contribution in [3.63, 3.8) is 0 Å². The van der Waals surface area contributed by atoms with Crippen molar-refractivity contribution < 1.29 is 0 Å². The second-order valence-corrected chi connectivity index (χ2v) is 6.72. The van der Waals surface area contributed by atoms with Crippen molar-refractivity contribution in [3.8, 4) is 0 Å². The van der Waals surface area contributed by atoms with Crippen molar-refractivity contribution in [1.29, 1.82) is 5.41 Å². The highest BCUT2D eigenvalue weighted by Crippen LogP contribution is 2.31. The number of fused-ring (bicyclic) bond motifs is 3. The number of nitrogens with one attached hydrogen (secondary N) is 2.